The molecule has 3 saturated carbocycles. The molecule has 3 aliphatic carbocycles. The molecule has 0 aromatic rings. The summed E-state index contributed by atoms with van der Waals surface area (Å²) in [5.74, 6) is 4.66. The van der Waals surface area contributed by atoms with Gasteiger partial charge >= 0.3 is 5.97 Å². The van der Waals surface area contributed by atoms with Crippen molar-refractivity contribution in [2.45, 2.75) is 123 Å². The molecule has 3 fully saturated rings. The lowest BCUT2D eigenvalue weighted by atomic mass is 9.68. The summed E-state index contributed by atoms with van der Waals surface area (Å²) >= 11 is 0. The van der Waals surface area contributed by atoms with E-state index in [2.05, 4.69) is 32.2 Å². The molecule has 0 amide bonds. The average molecular weight is 587 g/mol. The molecule has 0 saturated heterocycles. The topological polar surface area (TPSA) is 83.8 Å². The third-order valence-electron chi connectivity index (χ3n) is 10.4. The number of ether oxygens (including phenoxy) is 1. The van der Waals surface area contributed by atoms with E-state index in [9.17, 15) is 14.7 Å². The number of aldehydes is 1. The lowest BCUT2D eigenvalue weighted by Gasteiger charge is -2.37. The first-order valence-electron chi connectivity index (χ1n) is 17.2. The van der Waals surface area contributed by atoms with Crippen LogP contribution >= 0.6 is 0 Å². The van der Waals surface area contributed by atoms with Crippen LogP contribution in [0, 0.1) is 41.4 Å². The third kappa shape index (κ3) is 13.7. The van der Waals surface area contributed by atoms with Crippen LogP contribution in [0.25, 0.3) is 0 Å². The van der Waals surface area contributed by atoms with Crippen LogP contribution in [0.15, 0.2) is 36.5 Å². The average Bonchev–Trinajstić information content (AvgIpc) is 3.03. The number of hydrogen-bond donors (Lipinski definition) is 2. The van der Waals surface area contributed by atoms with Crippen molar-refractivity contribution < 1.29 is 24.5 Å². The van der Waals surface area contributed by atoms with Crippen molar-refractivity contribution in [3.63, 3.8) is 0 Å². The van der Waals surface area contributed by atoms with E-state index in [-0.39, 0.29) is 31.3 Å². The van der Waals surface area contributed by atoms with Crippen molar-refractivity contribution in [2.75, 3.05) is 19.8 Å². The quantitative estimate of drug-likeness (QED) is 0.0662. The van der Waals surface area contributed by atoms with Gasteiger partial charge in [0.15, 0.2) is 0 Å². The van der Waals surface area contributed by atoms with Crippen LogP contribution in [0.2, 0.25) is 0 Å². The maximum absolute atomic E-state index is 11.7. The zero-order chi connectivity index (χ0) is 30.7. The van der Waals surface area contributed by atoms with Crippen molar-refractivity contribution in [2.24, 2.45) is 41.4 Å². The van der Waals surface area contributed by atoms with Gasteiger partial charge in [-0.2, -0.15) is 0 Å². The van der Waals surface area contributed by atoms with Crippen LogP contribution in [0.1, 0.15) is 123 Å². The molecule has 0 radical (unpaired) electrons. The Hall–Kier alpha value is -1.72. The monoisotopic (exact) mass is 586 g/mol. The van der Waals surface area contributed by atoms with Gasteiger partial charge < -0.3 is 14.9 Å². The van der Waals surface area contributed by atoms with Gasteiger partial charge in [-0.15, -0.1) is 0 Å². The molecule has 0 bridgehead atoms. The maximum Gasteiger partial charge on any atom is 0.335 e. The van der Waals surface area contributed by atoms with Gasteiger partial charge in [-0.05, 0) is 125 Å². The summed E-state index contributed by atoms with van der Waals surface area (Å²) in [5, 5.41) is 18.9. The zero-order valence-corrected chi connectivity index (χ0v) is 26.9. The molecule has 2 N–H and O–H groups in total. The predicted molar refractivity (Wildman–Crippen MR) is 173 cm³/mol. The molecular formula is C37H62O5. The number of unbranched alkanes of at least 4 members (excludes halogenated alkanes) is 2. The standard InChI is InChI=1S/C33H56O4.C4H6O/c1-3-4-5-6-26-9-15-29(16-10-26)30-17-11-27(12-18-30)7-8-28-13-19-31(20-14-28)32(24-35)21-22-37-33(36)25(2)23-34;1-4(2)3-5/h7-8,26-32,34-35H,2-6,9-24H2,1H3;3H,1H2,2H3/b8-7+;. The van der Waals surface area contributed by atoms with E-state index in [0.29, 0.717) is 23.8 Å². The molecule has 3 rings (SSSR count). The minimum atomic E-state index is -0.535. The van der Waals surface area contributed by atoms with Gasteiger partial charge in [0.25, 0.3) is 0 Å². The van der Waals surface area contributed by atoms with E-state index in [0.717, 1.165) is 42.8 Å². The van der Waals surface area contributed by atoms with Crippen molar-refractivity contribution in [3.8, 4) is 0 Å². The Kier molecular flexibility index (Phi) is 18.3. The van der Waals surface area contributed by atoms with Crippen LogP contribution < -0.4 is 0 Å². The summed E-state index contributed by atoms with van der Waals surface area (Å²) in [6.07, 6.45) is 28.6. The number of hydrogen-bond acceptors (Lipinski definition) is 5. The van der Waals surface area contributed by atoms with Crippen molar-refractivity contribution in [3.05, 3.63) is 36.5 Å². The SMILES string of the molecule is C=C(C)C=O.C=C(CO)C(=O)OCCC(CO)C1CCC(/C=C/C2CCC(C3CCC(CCCCC)CC3)CC2)CC1. The molecule has 5 heteroatoms. The van der Waals surface area contributed by atoms with Gasteiger partial charge in [0, 0.05) is 6.61 Å². The first-order valence-corrected chi connectivity index (χ1v) is 17.2. The Morgan fingerprint density at radius 3 is 1.86 bits per heavy atom. The number of allylic oxidation sites excluding steroid dienone is 3. The highest BCUT2D eigenvalue weighted by molar-refractivity contribution is 5.87. The molecule has 0 heterocycles. The Balaban J connectivity index is 0.00000113. The minimum Gasteiger partial charge on any atom is -0.462 e. The van der Waals surface area contributed by atoms with Crippen LogP contribution in [-0.2, 0) is 14.3 Å². The summed E-state index contributed by atoms with van der Waals surface area (Å²) in [4.78, 5) is 21.1. The molecule has 1 unspecified atom stereocenters. The summed E-state index contributed by atoms with van der Waals surface area (Å²) in [7, 11) is 0. The van der Waals surface area contributed by atoms with E-state index >= 15 is 0 Å². The van der Waals surface area contributed by atoms with Crippen molar-refractivity contribution in [1.29, 1.82) is 0 Å². The number of carbonyl (C=O) groups excluding carboxylic acids is 2. The molecule has 0 aromatic carbocycles. The highest BCUT2D eigenvalue weighted by Gasteiger charge is 2.31. The van der Waals surface area contributed by atoms with Crippen molar-refractivity contribution >= 4 is 12.3 Å². The number of aliphatic hydroxyl groups is 2. The van der Waals surface area contributed by atoms with Crippen molar-refractivity contribution in [1.82, 2.24) is 0 Å². The van der Waals surface area contributed by atoms with Gasteiger partial charge in [0.05, 0.1) is 18.8 Å². The second-order valence-electron chi connectivity index (χ2n) is 13.6. The molecule has 1 atom stereocenters. The largest absolute Gasteiger partial charge is 0.462 e. The molecule has 0 aromatic heterocycles. The first-order chi connectivity index (χ1) is 20.3. The van der Waals surface area contributed by atoms with E-state index < -0.39 is 5.97 Å². The highest BCUT2D eigenvalue weighted by Crippen LogP contribution is 2.43. The molecular weight excluding hydrogens is 524 g/mol. The number of carbonyl (C=O) groups is 2. The summed E-state index contributed by atoms with van der Waals surface area (Å²) in [6.45, 7) is 10.8. The lowest BCUT2D eigenvalue weighted by Crippen LogP contribution is -2.26. The molecule has 240 valence electrons. The molecule has 42 heavy (non-hydrogen) atoms. The smallest absolute Gasteiger partial charge is 0.335 e. The van der Waals surface area contributed by atoms with E-state index in [1.807, 2.05) is 0 Å². The molecule has 0 spiro atoms. The van der Waals surface area contributed by atoms with Gasteiger partial charge in [-0.3, -0.25) is 4.79 Å². The summed E-state index contributed by atoms with van der Waals surface area (Å²) in [5.41, 5.74) is 0.659. The number of rotatable bonds is 15. The van der Waals surface area contributed by atoms with Gasteiger partial charge in [0.1, 0.15) is 6.29 Å². The summed E-state index contributed by atoms with van der Waals surface area (Å²) < 4.78 is 5.19. The number of aliphatic hydroxyl groups excluding tert-OH is 2. The fourth-order valence-corrected chi connectivity index (χ4v) is 7.51. The predicted octanol–water partition coefficient (Wildman–Crippen LogP) is 8.39. The second kappa shape index (κ2) is 21.1. The van der Waals surface area contributed by atoms with Crippen LogP contribution in [0.3, 0.4) is 0 Å². The Labute approximate surface area is 257 Å². The Bertz CT molecular complexity index is 808. The van der Waals surface area contributed by atoms with Crippen LogP contribution in [0.4, 0.5) is 0 Å². The van der Waals surface area contributed by atoms with Crippen LogP contribution in [-0.4, -0.2) is 42.3 Å². The Morgan fingerprint density at radius 2 is 1.38 bits per heavy atom. The summed E-state index contributed by atoms with van der Waals surface area (Å²) in [6, 6.07) is 0. The fraction of sp³-hybridized carbons (Fsp3) is 0.784. The van der Waals surface area contributed by atoms with Gasteiger partial charge in [-0.25, -0.2) is 4.79 Å². The van der Waals surface area contributed by atoms with Crippen LogP contribution in [0.5, 0.6) is 0 Å². The second-order valence-corrected chi connectivity index (χ2v) is 13.6. The fourth-order valence-electron chi connectivity index (χ4n) is 7.51. The lowest BCUT2D eigenvalue weighted by molar-refractivity contribution is -0.140. The molecule has 5 nitrogen and oxygen atoms in total. The molecule has 3 aliphatic rings. The number of esters is 1. The van der Waals surface area contributed by atoms with E-state index in [1.54, 1.807) is 6.92 Å². The zero-order valence-electron chi connectivity index (χ0n) is 26.9. The van der Waals surface area contributed by atoms with Gasteiger partial charge in [0.2, 0.25) is 0 Å². The van der Waals surface area contributed by atoms with E-state index in [4.69, 9.17) is 9.84 Å². The highest BCUT2D eigenvalue weighted by atomic mass is 16.5. The Morgan fingerprint density at radius 1 is 0.857 bits per heavy atom. The third-order valence-corrected chi connectivity index (χ3v) is 10.4. The molecule has 0 aliphatic heterocycles. The normalized spacial score (nSPS) is 28.8. The minimum absolute atomic E-state index is 0.0848. The first kappa shape index (κ1) is 36.5. The van der Waals surface area contributed by atoms with Gasteiger partial charge in [-0.1, -0.05) is 70.8 Å². The maximum atomic E-state index is 11.7. The van der Waals surface area contributed by atoms with E-state index in [1.165, 1.54) is 89.9 Å².